The van der Waals surface area contributed by atoms with Gasteiger partial charge in [0.2, 0.25) is 5.96 Å². The highest BCUT2D eigenvalue weighted by Crippen LogP contribution is 2.28. The number of para-hydroxylation sites is 1. The molecule has 1 aromatic carbocycles. The highest BCUT2D eigenvalue weighted by atomic mass is 15.3. The number of nitrogens with zero attached hydrogens (tertiary/aromatic N) is 3. The van der Waals surface area contributed by atoms with Crippen LogP contribution in [0.5, 0.6) is 0 Å². The Labute approximate surface area is 137 Å². The molecule has 0 fully saturated rings. The SMILES string of the molecule is CC(C)(C)c1cc(/C=C/C=N/N=C(N)N)cn1-c1ccccc1. The van der Waals surface area contributed by atoms with Crippen LogP contribution in [0.4, 0.5) is 0 Å². The summed E-state index contributed by atoms with van der Waals surface area (Å²) in [5.41, 5.74) is 13.9. The molecule has 0 bridgehead atoms. The van der Waals surface area contributed by atoms with Crippen molar-refractivity contribution in [3.05, 3.63) is 59.9 Å². The molecule has 0 aliphatic rings. The van der Waals surface area contributed by atoms with Crippen LogP contribution in [-0.2, 0) is 5.41 Å². The summed E-state index contributed by atoms with van der Waals surface area (Å²) in [4.78, 5) is 0. The van der Waals surface area contributed by atoms with Crippen molar-refractivity contribution in [1.29, 1.82) is 0 Å². The van der Waals surface area contributed by atoms with Gasteiger partial charge in [-0.3, -0.25) is 0 Å². The quantitative estimate of drug-likeness (QED) is 0.517. The summed E-state index contributed by atoms with van der Waals surface area (Å²) in [6.45, 7) is 6.61. The lowest BCUT2D eigenvalue weighted by atomic mass is 9.91. The lowest BCUT2D eigenvalue weighted by Gasteiger charge is -2.21. The van der Waals surface area contributed by atoms with Crippen molar-refractivity contribution in [1.82, 2.24) is 4.57 Å². The van der Waals surface area contributed by atoms with Crippen LogP contribution in [0, 0.1) is 0 Å². The normalized spacial score (nSPS) is 12.1. The molecule has 0 atom stereocenters. The third-order valence-electron chi connectivity index (χ3n) is 3.26. The van der Waals surface area contributed by atoms with E-state index in [4.69, 9.17) is 11.5 Å². The molecule has 0 aliphatic carbocycles. The van der Waals surface area contributed by atoms with Gasteiger partial charge in [-0.15, -0.1) is 5.10 Å². The van der Waals surface area contributed by atoms with Gasteiger partial charge in [0.05, 0.1) is 0 Å². The minimum absolute atomic E-state index is 0.0360. The van der Waals surface area contributed by atoms with Crippen LogP contribution >= 0.6 is 0 Å². The summed E-state index contributed by atoms with van der Waals surface area (Å²) in [5.74, 6) is -0.0556. The Balaban J connectivity index is 2.33. The molecule has 0 saturated heterocycles. The number of guanidine groups is 1. The average molecular weight is 309 g/mol. The Kier molecular flexibility index (Phi) is 5.01. The molecule has 23 heavy (non-hydrogen) atoms. The first kappa shape index (κ1) is 16.5. The molecule has 4 N–H and O–H groups in total. The zero-order chi connectivity index (χ0) is 16.9. The van der Waals surface area contributed by atoms with Crippen molar-refractivity contribution in [2.45, 2.75) is 26.2 Å². The highest BCUT2D eigenvalue weighted by Gasteiger charge is 2.19. The standard InChI is InChI=1S/C18H23N5/c1-18(2,3)16-12-14(8-7-11-21-22-17(19)20)13-23(16)15-9-5-4-6-10-15/h4-13H,1-3H3,(H4,19,20,22)/b8-7+,21-11+. The van der Waals surface area contributed by atoms with E-state index in [1.165, 1.54) is 5.69 Å². The van der Waals surface area contributed by atoms with Gasteiger partial charge < -0.3 is 16.0 Å². The van der Waals surface area contributed by atoms with Gasteiger partial charge in [0.1, 0.15) is 0 Å². The van der Waals surface area contributed by atoms with Gasteiger partial charge in [-0.1, -0.05) is 45.0 Å². The smallest absolute Gasteiger partial charge is 0.211 e. The number of hydrogen-bond acceptors (Lipinski definition) is 2. The first-order valence-corrected chi connectivity index (χ1v) is 7.45. The van der Waals surface area contributed by atoms with Crippen LogP contribution < -0.4 is 11.5 Å². The van der Waals surface area contributed by atoms with Crippen LogP contribution in [0.1, 0.15) is 32.0 Å². The van der Waals surface area contributed by atoms with Gasteiger partial charge in [-0.05, 0) is 29.8 Å². The molecular weight excluding hydrogens is 286 g/mol. The average Bonchev–Trinajstić information content (AvgIpc) is 2.92. The van der Waals surface area contributed by atoms with E-state index in [2.05, 4.69) is 59.9 Å². The Hall–Kier alpha value is -2.82. The molecule has 0 unspecified atom stereocenters. The molecule has 5 heteroatoms. The van der Waals surface area contributed by atoms with Crippen LogP contribution in [0.15, 0.2) is 58.9 Å². The van der Waals surface area contributed by atoms with Crippen molar-refractivity contribution in [3.8, 4) is 5.69 Å². The summed E-state index contributed by atoms with van der Waals surface area (Å²) in [5, 5.41) is 7.29. The maximum atomic E-state index is 5.21. The van der Waals surface area contributed by atoms with Crippen molar-refractivity contribution in [2.24, 2.45) is 21.7 Å². The third kappa shape index (κ3) is 4.57. The molecule has 2 rings (SSSR count). The number of nitrogens with two attached hydrogens (primary N) is 2. The Bertz CT molecular complexity index is 727. The maximum absolute atomic E-state index is 5.21. The van der Waals surface area contributed by atoms with Crippen molar-refractivity contribution < 1.29 is 0 Å². The van der Waals surface area contributed by atoms with Crippen molar-refractivity contribution in [2.75, 3.05) is 0 Å². The fraction of sp³-hybridized carbons (Fsp3) is 0.222. The van der Waals surface area contributed by atoms with E-state index in [-0.39, 0.29) is 11.4 Å². The van der Waals surface area contributed by atoms with Gasteiger partial charge in [-0.2, -0.15) is 5.10 Å². The Morgan fingerprint density at radius 1 is 1.13 bits per heavy atom. The summed E-state index contributed by atoms with van der Waals surface area (Å²) >= 11 is 0. The second-order valence-electron chi connectivity index (χ2n) is 6.26. The van der Waals surface area contributed by atoms with Crippen LogP contribution in [-0.4, -0.2) is 16.7 Å². The molecule has 5 nitrogen and oxygen atoms in total. The van der Waals surface area contributed by atoms with Gasteiger partial charge in [-0.25, -0.2) is 0 Å². The van der Waals surface area contributed by atoms with E-state index in [1.807, 2.05) is 30.4 Å². The first-order valence-electron chi connectivity index (χ1n) is 7.45. The van der Waals surface area contributed by atoms with Gasteiger partial charge >= 0.3 is 0 Å². The molecule has 1 aromatic heterocycles. The summed E-state index contributed by atoms with van der Waals surface area (Å²) in [6.07, 6.45) is 7.45. The monoisotopic (exact) mass is 309 g/mol. The zero-order valence-electron chi connectivity index (χ0n) is 13.8. The predicted octanol–water partition coefficient (Wildman–Crippen LogP) is 3.05. The molecule has 0 aliphatic heterocycles. The van der Waals surface area contributed by atoms with E-state index in [0.717, 1.165) is 11.3 Å². The lowest BCUT2D eigenvalue weighted by Crippen LogP contribution is -2.21. The topological polar surface area (TPSA) is 81.7 Å². The van der Waals surface area contributed by atoms with Crippen molar-refractivity contribution >= 4 is 18.3 Å². The molecule has 0 saturated carbocycles. The minimum Gasteiger partial charge on any atom is -0.369 e. The van der Waals surface area contributed by atoms with Crippen molar-refractivity contribution in [3.63, 3.8) is 0 Å². The van der Waals surface area contributed by atoms with E-state index in [9.17, 15) is 0 Å². The molecule has 0 radical (unpaired) electrons. The van der Waals surface area contributed by atoms with Crippen LogP contribution in [0.25, 0.3) is 11.8 Å². The maximum Gasteiger partial charge on any atom is 0.211 e. The number of benzene rings is 1. The fourth-order valence-corrected chi connectivity index (χ4v) is 2.25. The van der Waals surface area contributed by atoms with E-state index in [1.54, 1.807) is 6.21 Å². The largest absolute Gasteiger partial charge is 0.369 e. The van der Waals surface area contributed by atoms with E-state index in [0.29, 0.717) is 0 Å². The minimum atomic E-state index is -0.0556. The summed E-state index contributed by atoms with van der Waals surface area (Å²) in [7, 11) is 0. The number of allylic oxidation sites excluding steroid dienone is 1. The van der Waals surface area contributed by atoms with Gasteiger partial charge in [0.15, 0.2) is 0 Å². The Morgan fingerprint density at radius 3 is 2.43 bits per heavy atom. The molecule has 1 heterocycles. The number of hydrogen-bond donors (Lipinski definition) is 2. The van der Waals surface area contributed by atoms with E-state index < -0.39 is 0 Å². The third-order valence-corrected chi connectivity index (χ3v) is 3.26. The van der Waals surface area contributed by atoms with Gasteiger partial charge in [0, 0.05) is 29.2 Å². The number of rotatable bonds is 4. The molecule has 0 amide bonds. The molecule has 120 valence electrons. The molecule has 2 aromatic rings. The van der Waals surface area contributed by atoms with Gasteiger partial charge in [0.25, 0.3) is 0 Å². The fourth-order valence-electron chi connectivity index (χ4n) is 2.25. The first-order chi connectivity index (χ1) is 10.9. The van der Waals surface area contributed by atoms with Crippen LogP contribution in [0.3, 0.4) is 0 Å². The number of aromatic nitrogens is 1. The zero-order valence-corrected chi connectivity index (χ0v) is 13.8. The molecular formula is C18H23N5. The highest BCUT2D eigenvalue weighted by molar-refractivity contribution is 5.80. The predicted molar refractivity (Wildman–Crippen MR) is 97.8 cm³/mol. The second kappa shape index (κ2) is 6.96. The van der Waals surface area contributed by atoms with E-state index >= 15 is 0 Å². The second-order valence-corrected chi connectivity index (χ2v) is 6.26. The van der Waals surface area contributed by atoms with Crippen LogP contribution in [0.2, 0.25) is 0 Å². The summed E-state index contributed by atoms with van der Waals surface area (Å²) in [6, 6.07) is 12.5. The molecule has 0 spiro atoms. The lowest BCUT2D eigenvalue weighted by molar-refractivity contribution is 0.557. The Morgan fingerprint density at radius 2 is 1.83 bits per heavy atom. The summed E-state index contributed by atoms with van der Waals surface area (Å²) < 4.78 is 2.22.